The Bertz CT molecular complexity index is 484. The van der Waals surface area contributed by atoms with E-state index in [1.54, 1.807) is 12.1 Å². The van der Waals surface area contributed by atoms with E-state index in [2.05, 4.69) is 17.6 Å². The molecule has 0 bridgehead atoms. The third-order valence-electron chi connectivity index (χ3n) is 4.47. The average molecular weight is 309 g/mol. The monoisotopic (exact) mass is 308 g/mol. The molecule has 0 spiro atoms. The van der Waals surface area contributed by atoms with Gasteiger partial charge in [-0.15, -0.1) is 0 Å². The van der Waals surface area contributed by atoms with Crippen LogP contribution in [0.2, 0.25) is 5.02 Å². The smallest absolute Gasteiger partial charge is 0.253 e. The fourth-order valence-corrected chi connectivity index (χ4v) is 3.43. The molecular weight excluding hydrogens is 284 g/mol. The second-order valence-corrected chi connectivity index (χ2v) is 6.26. The third-order valence-corrected chi connectivity index (χ3v) is 4.71. The van der Waals surface area contributed by atoms with Gasteiger partial charge in [-0.1, -0.05) is 37.8 Å². The van der Waals surface area contributed by atoms with Gasteiger partial charge >= 0.3 is 0 Å². The van der Waals surface area contributed by atoms with Crippen molar-refractivity contribution in [3.63, 3.8) is 0 Å². The molecule has 1 atom stereocenters. The average Bonchev–Trinajstić information content (AvgIpc) is 2.53. The van der Waals surface area contributed by atoms with Gasteiger partial charge in [-0.3, -0.25) is 4.79 Å². The molecule has 1 aliphatic rings. The Labute approximate surface area is 132 Å². The Morgan fingerprint density at radius 3 is 2.67 bits per heavy atom. The maximum Gasteiger partial charge on any atom is 0.253 e. The number of benzene rings is 1. The van der Waals surface area contributed by atoms with Crippen LogP contribution in [-0.2, 0) is 0 Å². The van der Waals surface area contributed by atoms with Gasteiger partial charge < -0.3 is 10.6 Å². The number of carbonyl (C=O) groups excluding carboxylic acids is 1. The van der Waals surface area contributed by atoms with Crippen molar-refractivity contribution in [1.29, 1.82) is 0 Å². The lowest BCUT2D eigenvalue weighted by molar-refractivity contribution is 0.0912. The Morgan fingerprint density at radius 2 is 2.05 bits per heavy atom. The van der Waals surface area contributed by atoms with Gasteiger partial charge in [0.1, 0.15) is 0 Å². The highest BCUT2D eigenvalue weighted by Crippen LogP contribution is 2.28. The van der Waals surface area contributed by atoms with Gasteiger partial charge in [0.05, 0.1) is 5.56 Å². The third kappa shape index (κ3) is 4.13. The summed E-state index contributed by atoms with van der Waals surface area (Å²) in [6, 6.07) is 5.64. The molecule has 1 aromatic rings. The molecular formula is C17H25ClN2O. The highest BCUT2D eigenvalue weighted by atomic mass is 35.5. The van der Waals surface area contributed by atoms with Gasteiger partial charge in [-0.2, -0.15) is 0 Å². The highest BCUT2D eigenvalue weighted by molar-refractivity contribution is 6.31. The van der Waals surface area contributed by atoms with Crippen LogP contribution in [0.4, 0.5) is 5.69 Å². The lowest BCUT2D eigenvalue weighted by Crippen LogP contribution is -2.40. The molecule has 1 aliphatic carbocycles. The van der Waals surface area contributed by atoms with E-state index in [0.29, 0.717) is 16.5 Å². The van der Waals surface area contributed by atoms with E-state index in [4.69, 9.17) is 11.6 Å². The minimum atomic E-state index is -0.0285. The summed E-state index contributed by atoms with van der Waals surface area (Å²) in [4.78, 5) is 12.6. The van der Waals surface area contributed by atoms with E-state index in [1.807, 2.05) is 13.1 Å². The zero-order chi connectivity index (χ0) is 15.2. The Morgan fingerprint density at radius 1 is 1.33 bits per heavy atom. The fourth-order valence-electron chi connectivity index (χ4n) is 3.26. The summed E-state index contributed by atoms with van der Waals surface area (Å²) in [5.41, 5.74) is 1.44. The SMILES string of the molecule is CCC(NC(=O)c1cc(Cl)ccc1NC)C1CCCCC1. The van der Waals surface area contributed by atoms with E-state index in [0.717, 1.165) is 12.1 Å². The first-order valence-corrected chi connectivity index (χ1v) is 8.31. The van der Waals surface area contributed by atoms with E-state index >= 15 is 0 Å². The largest absolute Gasteiger partial charge is 0.387 e. The molecule has 2 rings (SSSR count). The molecule has 0 radical (unpaired) electrons. The molecule has 1 amide bonds. The normalized spacial score (nSPS) is 17.3. The molecule has 0 aliphatic heterocycles. The standard InChI is InChI=1S/C17H25ClN2O/c1-3-15(12-7-5-4-6-8-12)20-17(21)14-11-13(18)9-10-16(14)19-2/h9-12,15,19H,3-8H2,1-2H3,(H,20,21). The highest BCUT2D eigenvalue weighted by Gasteiger charge is 2.24. The van der Waals surface area contributed by atoms with Crippen LogP contribution in [0.1, 0.15) is 55.8 Å². The van der Waals surface area contributed by atoms with Crippen molar-refractivity contribution in [1.82, 2.24) is 5.32 Å². The van der Waals surface area contributed by atoms with Crippen molar-refractivity contribution in [3.8, 4) is 0 Å². The molecule has 3 nitrogen and oxygen atoms in total. The van der Waals surface area contributed by atoms with E-state index in [1.165, 1.54) is 32.1 Å². The lowest BCUT2D eigenvalue weighted by atomic mass is 9.83. The Kier molecular flexibility index (Phi) is 5.92. The van der Waals surface area contributed by atoms with Crippen LogP contribution in [0.15, 0.2) is 18.2 Å². The molecule has 4 heteroatoms. The quantitative estimate of drug-likeness (QED) is 0.842. The number of anilines is 1. The molecule has 1 fully saturated rings. The van der Waals surface area contributed by atoms with Crippen molar-refractivity contribution in [2.45, 2.75) is 51.5 Å². The molecule has 116 valence electrons. The number of halogens is 1. The van der Waals surface area contributed by atoms with E-state index < -0.39 is 0 Å². The van der Waals surface area contributed by atoms with Crippen molar-refractivity contribution in [2.24, 2.45) is 5.92 Å². The van der Waals surface area contributed by atoms with Gasteiger partial charge in [0.25, 0.3) is 5.91 Å². The number of carbonyl (C=O) groups is 1. The van der Waals surface area contributed by atoms with Gasteiger partial charge in [0.2, 0.25) is 0 Å². The molecule has 2 N–H and O–H groups in total. The van der Waals surface area contributed by atoms with Crippen LogP contribution in [0.3, 0.4) is 0 Å². The van der Waals surface area contributed by atoms with Crippen LogP contribution in [0.5, 0.6) is 0 Å². The predicted octanol–water partition coefficient (Wildman–Crippen LogP) is 4.47. The lowest BCUT2D eigenvalue weighted by Gasteiger charge is -2.30. The number of hydrogen-bond donors (Lipinski definition) is 2. The first kappa shape index (κ1) is 16.2. The van der Waals surface area contributed by atoms with Gasteiger partial charge in [0, 0.05) is 23.8 Å². The number of nitrogens with one attached hydrogen (secondary N) is 2. The Balaban J connectivity index is 2.10. The van der Waals surface area contributed by atoms with Crippen molar-refractivity contribution < 1.29 is 4.79 Å². The first-order valence-electron chi connectivity index (χ1n) is 7.94. The minimum Gasteiger partial charge on any atom is -0.387 e. The van der Waals surface area contributed by atoms with Crippen molar-refractivity contribution >= 4 is 23.2 Å². The van der Waals surface area contributed by atoms with E-state index in [-0.39, 0.29) is 11.9 Å². The van der Waals surface area contributed by atoms with Crippen LogP contribution in [-0.4, -0.2) is 19.0 Å². The predicted molar refractivity (Wildman–Crippen MR) is 89.1 cm³/mol. The van der Waals surface area contributed by atoms with Gasteiger partial charge in [0.15, 0.2) is 0 Å². The minimum absolute atomic E-state index is 0.0285. The second kappa shape index (κ2) is 7.69. The second-order valence-electron chi connectivity index (χ2n) is 5.83. The van der Waals surface area contributed by atoms with Crippen LogP contribution in [0.25, 0.3) is 0 Å². The molecule has 1 aromatic carbocycles. The molecule has 21 heavy (non-hydrogen) atoms. The van der Waals surface area contributed by atoms with Crippen LogP contribution >= 0.6 is 11.6 Å². The summed E-state index contributed by atoms with van der Waals surface area (Å²) in [6.07, 6.45) is 7.34. The van der Waals surface area contributed by atoms with Crippen molar-refractivity contribution in [3.05, 3.63) is 28.8 Å². The maximum atomic E-state index is 12.6. The zero-order valence-corrected chi connectivity index (χ0v) is 13.7. The summed E-state index contributed by atoms with van der Waals surface area (Å²) in [5, 5.41) is 6.86. The summed E-state index contributed by atoms with van der Waals surface area (Å²) in [5.74, 6) is 0.587. The maximum absolute atomic E-state index is 12.6. The molecule has 1 unspecified atom stereocenters. The topological polar surface area (TPSA) is 41.1 Å². The summed E-state index contributed by atoms with van der Waals surface area (Å²) < 4.78 is 0. The summed E-state index contributed by atoms with van der Waals surface area (Å²) in [6.45, 7) is 2.15. The van der Waals surface area contributed by atoms with Gasteiger partial charge in [-0.05, 0) is 43.4 Å². The van der Waals surface area contributed by atoms with Crippen LogP contribution in [0, 0.1) is 5.92 Å². The molecule has 0 heterocycles. The Hall–Kier alpha value is -1.22. The summed E-state index contributed by atoms with van der Waals surface area (Å²) >= 11 is 6.03. The fraction of sp³-hybridized carbons (Fsp3) is 0.588. The number of hydrogen-bond acceptors (Lipinski definition) is 2. The molecule has 1 saturated carbocycles. The number of rotatable bonds is 5. The van der Waals surface area contributed by atoms with Crippen LogP contribution < -0.4 is 10.6 Å². The summed E-state index contributed by atoms with van der Waals surface area (Å²) in [7, 11) is 1.82. The molecule has 0 aromatic heterocycles. The first-order chi connectivity index (χ1) is 10.2. The molecule has 0 saturated heterocycles. The zero-order valence-electron chi connectivity index (χ0n) is 12.9. The van der Waals surface area contributed by atoms with Crippen molar-refractivity contribution in [2.75, 3.05) is 12.4 Å². The van der Waals surface area contributed by atoms with E-state index in [9.17, 15) is 4.79 Å². The number of amides is 1. The van der Waals surface area contributed by atoms with Gasteiger partial charge in [-0.25, -0.2) is 0 Å².